The number of nitrogens with zero attached hydrogens (tertiary/aromatic N) is 1. The van der Waals surface area contributed by atoms with Gasteiger partial charge in [0.1, 0.15) is 0 Å². The molecule has 0 aliphatic rings. The first-order valence-corrected chi connectivity index (χ1v) is 11.3. The molecule has 2 rings (SSSR count). The van der Waals surface area contributed by atoms with E-state index in [4.69, 9.17) is 5.14 Å². The molecule has 154 valence electrons. The molecule has 10 heteroatoms. The molecular weight excluding hydrogens is 414 g/mol. The zero-order chi connectivity index (χ0) is 21.7. The van der Waals surface area contributed by atoms with E-state index in [0.29, 0.717) is 5.69 Å². The second kappa shape index (κ2) is 9.14. The average Bonchev–Trinajstić information content (AvgIpc) is 2.67. The van der Waals surface area contributed by atoms with Crippen LogP contribution in [0, 0.1) is 0 Å². The van der Waals surface area contributed by atoms with Crippen molar-refractivity contribution < 1.29 is 21.6 Å². The summed E-state index contributed by atoms with van der Waals surface area (Å²) in [6.07, 6.45) is 2.95. The van der Waals surface area contributed by atoms with Gasteiger partial charge in [-0.25, -0.2) is 22.0 Å². The third kappa shape index (κ3) is 5.61. The van der Waals surface area contributed by atoms with Crippen LogP contribution in [0.2, 0.25) is 0 Å². The number of hydrogen-bond acceptors (Lipinski definition) is 5. The van der Waals surface area contributed by atoms with Crippen molar-refractivity contribution in [3.63, 3.8) is 0 Å². The molecule has 0 atom stereocenters. The number of carbonyl (C=O) groups excluding carboxylic acids is 1. The highest BCUT2D eigenvalue weighted by Crippen LogP contribution is 2.18. The van der Waals surface area contributed by atoms with Gasteiger partial charge in [0.2, 0.25) is 20.0 Å². The Balaban J connectivity index is 2.18. The van der Waals surface area contributed by atoms with Crippen molar-refractivity contribution in [2.45, 2.75) is 9.79 Å². The van der Waals surface area contributed by atoms with Crippen LogP contribution in [0.15, 0.2) is 83.6 Å². The first-order valence-electron chi connectivity index (χ1n) is 8.36. The molecule has 0 saturated heterocycles. The number of hydrogen-bond donors (Lipinski definition) is 2. The van der Waals surface area contributed by atoms with Gasteiger partial charge in [-0.3, -0.25) is 4.79 Å². The summed E-state index contributed by atoms with van der Waals surface area (Å²) < 4.78 is 49.1. The summed E-state index contributed by atoms with van der Waals surface area (Å²) in [4.78, 5) is 12.3. The molecule has 0 aromatic heterocycles. The van der Waals surface area contributed by atoms with Crippen LogP contribution in [0.25, 0.3) is 0 Å². The Kier molecular flexibility index (Phi) is 7.09. The number of sulfonamides is 2. The normalized spacial score (nSPS) is 11.8. The lowest BCUT2D eigenvalue weighted by Gasteiger charge is -2.19. The topological polar surface area (TPSA) is 127 Å². The Labute approximate surface area is 170 Å². The van der Waals surface area contributed by atoms with Crippen molar-refractivity contribution in [1.29, 1.82) is 0 Å². The SMILES string of the molecule is C=CCN(CC=C)S(=O)(=O)c1ccc(C(=O)Nc2ccc(S(N)(=O)=O)cc2)cc1. The fraction of sp³-hybridized carbons (Fsp3) is 0.105. The average molecular weight is 436 g/mol. The van der Waals surface area contributed by atoms with Crippen molar-refractivity contribution in [3.05, 3.63) is 79.4 Å². The van der Waals surface area contributed by atoms with Gasteiger partial charge in [-0.1, -0.05) is 12.2 Å². The number of rotatable bonds is 9. The number of amides is 1. The predicted molar refractivity (Wildman–Crippen MR) is 111 cm³/mol. The number of benzene rings is 2. The summed E-state index contributed by atoms with van der Waals surface area (Å²) >= 11 is 0. The van der Waals surface area contributed by atoms with Gasteiger partial charge in [-0.05, 0) is 48.5 Å². The van der Waals surface area contributed by atoms with Crippen molar-refractivity contribution in [1.82, 2.24) is 4.31 Å². The third-order valence-electron chi connectivity index (χ3n) is 3.86. The molecule has 0 radical (unpaired) electrons. The van der Waals surface area contributed by atoms with Crippen molar-refractivity contribution in [2.75, 3.05) is 18.4 Å². The van der Waals surface area contributed by atoms with Gasteiger partial charge in [0.25, 0.3) is 5.91 Å². The summed E-state index contributed by atoms with van der Waals surface area (Å²) in [5, 5.41) is 7.63. The minimum atomic E-state index is -3.82. The first-order chi connectivity index (χ1) is 13.6. The summed E-state index contributed by atoms with van der Waals surface area (Å²) in [6, 6.07) is 10.8. The lowest BCUT2D eigenvalue weighted by molar-refractivity contribution is 0.102. The van der Waals surface area contributed by atoms with Gasteiger partial charge in [0, 0.05) is 24.3 Å². The van der Waals surface area contributed by atoms with Gasteiger partial charge < -0.3 is 5.32 Å². The molecule has 0 aliphatic carbocycles. The number of nitrogens with one attached hydrogen (secondary N) is 1. The van der Waals surface area contributed by atoms with Gasteiger partial charge in [-0.2, -0.15) is 4.31 Å². The van der Waals surface area contributed by atoms with Crippen molar-refractivity contribution in [3.8, 4) is 0 Å². The minimum absolute atomic E-state index is 0.0373. The molecule has 3 N–H and O–H groups in total. The molecule has 0 unspecified atom stereocenters. The molecule has 0 bridgehead atoms. The van der Waals surface area contributed by atoms with E-state index in [0.717, 1.165) is 0 Å². The van der Waals surface area contributed by atoms with E-state index in [1.165, 1.54) is 65.0 Å². The van der Waals surface area contributed by atoms with Crippen LogP contribution in [-0.2, 0) is 20.0 Å². The van der Waals surface area contributed by atoms with Crippen LogP contribution in [-0.4, -0.2) is 40.1 Å². The molecule has 0 fully saturated rings. The standard InChI is InChI=1S/C19H21N3O5S2/c1-3-13-22(14-4-2)29(26,27)18-9-5-15(6-10-18)19(23)21-16-7-11-17(12-8-16)28(20,24)25/h3-12H,1-2,13-14H2,(H,21,23)(H2,20,24,25). The van der Waals surface area contributed by atoms with Gasteiger partial charge in [0.05, 0.1) is 9.79 Å². The molecule has 0 saturated carbocycles. The Morgan fingerprint density at radius 3 is 1.83 bits per heavy atom. The zero-order valence-corrected chi connectivity index (χ0v) is 17.1. The largest absolute Gasteiger partial charge is 0.322 e. The molecule has 1 amide bonds. The maximum atomic E-state index is 12.7. The molecule has 8 nitrogen and oxygen atoms in total. The van der Waals surface area contributed by atoms with Crippen LogP contribution < -0.4 is 10.5 Å². The van der Waals surface area contributed by atoms with E-state index in [1.54, 1.807) is 0 Å². The first kappa shape index (κ1) is 22.5. The monoisotopic (exact) mass is 435 g/mol. The summed E-state index contributed by atoms with van der Waals surface area (Å²) in [7, 11) is -7.58. The number of anilines is 1. The van der Waals surface area contributed by atoms with Gasteiger partial charge in [0.15, 0.2) is 0 Å². The van der Waals surface area contributed by atoms with E-state index in [1.807, 2.05) is 0 Å². The zero-order valence-electron chi connectivity index (χ0n) is 15.5. The maximum Gasteiger partial charge on any atom is 0.255 e. The Bertz CT molecular complexity index is 1100. The molecule has 0 spiro atoms. The highest BCUT2D eigenvalue weighted by molar-refractivity contribution is 7.89. The Hall–Kier alpha value is -2.79. The maximum absolute atomic E-state index is 12.7. The fourth-order valence-electron chi connectivity index (χ4n) is 2.42. The molecule has 2 aromatic rings. The lowest BCUT2D eigenvalue weighted by Crippen LogP contribution is -2.31. The summed E-state index contributed by atoms with van der Waals surface area (Å²) in [6.45, 7) is 7.36. The van der Waals surface area contributed by atoms with Crippen LogP contribution >= 0.6 is 0 Å². The van der Waals surface area contributed by atoms with E-state index >= 15 is 0 Å². The lowest BCUT2D eigenvalue weighted by atomic mass is 10.2. The van der Waals surface area contributed by atoms with E-state index in [-0.39, 0.29) is 28.4 Å². The molecular formula is C19H21N3O5S2. The van der Waals surface area contributed by atoms with Crippen molar-refractivity contribution >= 4 is 31.6 Å². The quantitative estimate of drug-likeness (QED) is 0.582. The Morgan fingerprint density at radius 2 is 1.38 bits per heavy atom. The third-order valence-corrected chi connectivity index (χ3v) is 6.64. The number of primary sulfonamides is 1. The van der Waals surface area contributed by atoms with Gasteiger partial charge in [-0.15, -0.1) is 13.2 Å². The summed E-state index contributed by atoms with van der Waals surface area (Å²) in [5.41, 5.74) is 0.598. The van der Waals surface area contributed by atoms with E-state index in [2.05, 4.69) is 18.5 Å². The molecule has 29 heavy (non-hydrogen) atoms. The van der Waals surface area contributed by atoms with Crippen LogP contribution in [0.1, 0.15) is 10.4 Å². The van der Waals surface area contributed by atoms with Crippen LogP contribution in [0.4, 0.5) is 5.69 Å². The van der Waals surface area contributed by atoms with Crippen LogP contribution in [0.3, 0.4) is 0 Å². The molecule has 0 heterocycles. The Morgan fingerprint density at radius 1 is 0.897 bits per heavy atom. The smallest absolute Gasteiger partial charge is 0.255 e. The summed E-state index contributed by atoms with van der Waals surface area (Å²) in [5.74, 6) is -0.480. The highest BCUT2D eigenvalue weighted by Gasteiger charge is 2.22. The van der Waals surface area contributed by atoms with E-state index in [9.17, 15) is 21.6 Å². The second-order valence-corrected chi connectivity index (χ2v) is 9.45. The molecule has 0 aliphatic heterocycles. The van der Waals surface area contributed by atoms with Crippen LogP contribution in [0.5, 0.6) is 0 Å². The number of nitrogens with two attached hydrogens (primary N) is 1. The second-order valence-electron chi connectivity index (χ2n) is 5.95. The minimum Gasteiger partial charge on any atom is -0.322 e. The predicted octanol–water partition coefficient (Wildman–Crippen LogP) is 1.95. The van der Waals surface area contributed by atoms with Crippen molar-refractivity contribution in [2.24, 2.45) is 5.14 Å². The fourth-order valence-corrected chi connectivity index (χ4v) is 4.31. The number of carbonyl (C=O) groups is 1. The molecule has 2 aromatic carbocycles. The highest BCUT2D eigenvalue weighted by atomic mass is 32.2. The van der Waals surface area contributed by atoms with Gasteiger partial charge >= 0.3 is 0 Å². The van der Waals surface area contributed by atoms with E-state index < -0.39 is 26.0 Å².